The molecule has 0 fully saturated rings. The standard InChI is InChI=1S/C23H20N2O2/c1-2-27-23(26)21-17(12-24)20-15-9-5-6-10-18(15)25-22(20)16-11-13-7-3-4-8-14(13)19(16)21/h3-10,16-17,19,21,25H,2,11H2,1H3/t16-,17+,19+,21+/m0/s1. The summed E-state index contributed by atoms with van der Waals surface area (Å²) in [6.45, 7) is 2.15. The van der Waals surface area contributed by atoms with Crippen LogP contribution in [-0.2, 0) is 16.0 Å². The maximum absolute atomic E-state index is 13.0. The second-order valence-electron chi connectivity index (χ2n) is 7.42. The van der Waals surface area contributed by atoms with Gasteiger partial charge in [0.25, 0.3) is 0 Å². The van der Waals surface area contributed by atoms with Crippen LogP contribution in [0.4, 0.5) is 0 Å². The number of hydrogen-bond acceptors (Lipinski definition) is 3. The van der Waals surface area contributed by atoms with Crippen LogP contribution in [0.5, 0.6) is 0 Å². The summed E-state index contributed by atoms with van der Waals surface area (Å²) in [7, 11) is 0. The summed E-state index contributed by atoms with van der Waals surface area (Å²) in [5.41, 5.74) is 5.58. The second kappa shape index (κ2) is 5.99. The Hall–Kier alpha value is -3.06. The van der Waals surface area contributed by atoms with Gasteiger partial charge in [0, 0.05) is 28.4 Å². The Morgan fingerprint density at radius 1 is 1.22 bits per heavy atom. The van der Waals surface area contributed by atoms with Crippen LogP contribution in [0.1, 0.15) is 47.1 Å². The minimum atomic E-state index is -0.511. The average Bonchev–Trinajstić information content (AvgIpc) is 3.26. The van der Waals surface area contributed by atoms with Crippen LogP contribution in [0, 0.1) is 17.2 Å². The number of rotatable bonds is 2. The van der Waals surface area contributed by atoms with Crippen LogP contribution in [0.2, 0.25) is 0 Å². The first-order chi connectivity index (χ1) is 13.2. The summed E-state index contributed by atoms with van der Waals surface area (Å²) >= 11 is 0. The molecule has 2 aliphatic carbocycles. The van der Waals surface area contributed by atoms with Gasteiger partial charge in [-0.15, -0.1) is 0 Å². The number of hydrogen-bond donors (Lipinski definition) is 1. The van der Waals surface area contributed by atoms with E-state index in [1.54, 1.807) is 0 Å². The van der Waals surface area contributed by atoms with Crippen molar-refractivity contribution in [3.05, 3.63) is 70.9 Å². The van der Waals surface area contributed by atoms with Crippen molar-refractivity contribution < 1.29 is 9.53 Å². The molecule has 2 aromatic carbocycles. The molecule has 2 aliphatic rings. The summed E-state index contributed by atoms with van der Waals surface area (Å²) in [6, 6.07) is 18.8. The zero-order valence-electron chi connectivity index (χ0n) is 15.1. The molecule has 3 aromatic rings. The van der Waals surface area contributed by atoms with Crippen molar-refractivity contribution in [2.75, 3.05) is 6.61 Å². The van der Waals surface area contributed by atoms with E-state index < -0.39 is 11.8 Å². The number of H-pyrrole nitrogens is 1. The lowest BCUT2D eigenvalue weighted by Gasteiger charge is -2.36. The number of benzene rings is 2. The number of nitriles is 1. The molecular weight excluding hydrogens is 336 g/mol. The first kappa shape index (κ1) is 16.1. The largest absolute Gasteiger partial charge is 0.466 e. The van der Waals surface area contributed by atoms with E-state index in [2.05, 4.69) is 23.2 Å². The Balaban J connectivity index is 1.78. The third-order valence-electron chi connectivity index (χ3n) is 6.19. The van der Waals surface area contributed by atoms with Gasteiger partial charge in [0.2, 0.25) is 0 Å². The number of aromatic nitrogens is 1. The molecule has 1 aromatic heterocycles. The van der Waals surface area contributed by atoms with Crippen molar-refractivity contribution in [3.63, 3.8) is 0 Å². The van der Waals surface area contributed by atoms with Gasteiger partial charge in [0.05, 0.1) is 24.5 Å². The SMILES string of the molecule is CCOC(=O)[C@H]1[C@@H]2c3ccccc3C[C@@H]2c2[nH]c3ccccc3c2[C@H]1C#N. The summed E-state index contributed by atoms with van der Waals surface area (Å²) in [5, 5.41) is 11.1. The number of ether oxygens (including phenoxy) is 1. The fourth-order valence-corrected chi connectivity index (χ4v) is 5.22. The van der Waals surface area contributed by atoms with Crippen LogP contribution in [0.15, 0.2) is 48.5 Å². The third kappa shape index (κ3) is 2.18. The lowest BCUT2D eigenvalue weighted by atomic mass is 9.66. The Bertz CT molecular complexity index is 1090. The molecule has 0 saturated carbocycles. The minimum absolute atomic E-state index is 0.0227. The van der Waals surface area contributed by atoms with Crippen molar-refractivity contribution in [2.45, 2.75) is 31.1 Å². The maximum Gasteiger partial charge on any atom is 0.311 e. The zero-order chi connectivity index (χ0) is 18.5. The molecule has 4 nitrogen and oxygen atoms in total. The number of carbonyl (C=O) groups excluding carboxylic acids is 1. The Labute approximate surface area is 157 Å². The minimum Gasteiger partial charge on any atom is -0.466 e. The van der Waals surface area contributed by atoms with Crippen LogP contribution in [0.3, 0.4) is 0 Å². The molecule has 0 bridgehead atoms. The van der Waals surface area contributed by atoms with Gasteiger partial charge >= 0.3 is 5.97 Å². The van der Waals surface area contributed by atoms with Crippen molar-refractivity contribution in [3.8, 4) is 6.07 Å². The van der Waals surface area contributed by atoms with Gasteiger partial charge in [0.15, 0.2) is 0 Å². The zero-order valence-corrected chi connectivity index (χ0v) is 15.1. The molecule has 0 spiro atoms. The topological polar surface area (TPSA) is 65.9 Å². The number of aromatic amines is 1. The molecule has 134 valence electrons. The van der Waals surface area contributed by atoms with Crippen LogP contribution >= 0.6 is 0 Å². The molecule has 5 rings (SSSR count). The fraction of sp³-hybridized carbons (Fsp3) is 0.304. The van der Waals surface area contributed by atoms with Gasteiger partial charge in [-0.3, -0.25) is 4.79 Å². The first-order valence-corrected chi connectivity index (χ1v) is 9.49. The Morgan fingerprint density at radius 2 is 2.00 bits per heavy atom. The van der Waals surface area contributed by atoms with Gasteiger partial charge in [-0.05, 0) is 36.1 Å². The smallest absolute Gasteiger partial charge is 0.311 e. The summed E-state index contributed by atoms with van der Waals surface area (Å²) in [6.07, 6.45) is 0.884. The third-order valence-corrected chi connectivity index (χ3v) is 6.19. The van der Waals surface area contributed by atoms with E-state index in [1.807, 2.05) is 43.3 Å². The Morgan fingerprint density at radius 3 is 2.81 bits per heavy atom. The highest BCUT2D eigenvalue weighted by atomic mass is 16.5. The second-order valence-corrected chi connectivity index (χ2v) is 7.42. The number of nitrogens with zero attached hydrogens (tertiary/aromatic N) is 1. The molecule has 0 radical (unpaired) electrons. The van der Waals surface area contributed by atoms with Crippen LogP contribution < -0.4 is 0 Å². The predicted octanol–water partition coefficient (Wildman–Crippen LogP) is 4.39. The lowest BCUT2D eigenvalue weighted by Crippen LogP contribution is -2.35. The molecule has 0 saturated heterocycles. The molecule has 0 aliphatic heterocycles. The number of fused-ring (bicyclic) bond motifs is 7. The van der Waals surface area contributed by atoms with E-state index in [-0.39, 0.29) is 17.8 Å². The van der Waals surface area contributed by atoms with Gasteiger partial charge in [0.1, 0.15) is 0 Å². The van der Waals surface area contributed by atoms with E-state index in [0.717, 1.165) is 28.6 Å². The molecular formula is C23H20N2O2. The van der Waals surface area contributed by atoms with Crippen molar-refractivity contribution in [1.82, 2.24) is 4.98 Å². The molecule has 1 heterocycles. The highest BCUT2D eigenvalue weighted by Crippen LogP contribution is 2.58. The van der Waals surface area contributed by atoms with E-state index >= 15 is 0 Å². The number of nitrogens with one attached hydrogen (secondary N) is 1. The van der Waals surface area contributed by atoms with Gasteiger partial charge in [-0.25, -0.2) is 0 Å². The van der Waals surface area contributed by atoms with Crippen molar-refractivity contribution >= 4 is 16.9 Å². The van der Waals surface area contributed by atoms with Crippen molar-refractivity contribution in [1.29, 1.82) is 5.26 Å². The molecule has 0 amide bonds. The monoisotopic (exact) mass is 356 g/mol. The maximum atomic E-state index is 13.0. The van der Waals surface area contributed by atoms with Gasteiger partial charge in [-0.1, -0.05) is 42.5 Å². The molecule has 1 N–H and O–H groups in total. The predicted molar refractivity (Wildman–Crippen MR) is 102 cm³/mol. The van der Waals surface area contributed by atoms with E-state index in [0.29, 0.717) is 6.61 Å². The van der Waals surface area contributed by atoms with Crippen LogP contribution in [-0.4, -0.2) is 17.6 Å². The number of esters is 1. The number of carbonyl (C=O) groups is 1. The summed E-state index contributed by atoms with van der Waals surface area (Å²) in [5.74, 6) is -1.10. The van der Waals surface area contributed by atoms with Crippen molar-refractivity contribution in [2.24, 2.45) is 5.92 Å². The quantitative estimate of drug-likeness (QED) is 0.693. The lowest BCUT2D eigenvalue weighted by molar-refractivity contribution is -0.149. The molecule has 4 heteroatoms. The normalized spacial score (nSPS) is 25.3. The van der Waals surface area contributed by atoms with Gasteiger partial charge in [-0.2, -0.15) is 5.26 Å². The highest BCUT2D eigenvalue weighted by Gasteiger charge is 2.52. The highest BCUT2D eigenvalue weighted by molar-refractivity contribution is 5.89. The Kier molecular flexibility index (Phi) is 3.58. The summed E-state index contributed by atoms with van der Waals surface area (Å²) < 4.78 is 5.44. The molecule has 4 atom stereocenters. The molecule has 27 heavy (non-hydrogen) atoms. The fourth-order valence-electron chi connectivity index (χ4n) is 5.22. The number of para-hydroxylation sites is 1. The van der Waals surface area contributed by atoms with E-state index in [1.165, 1.54) is 11.1 Å². The average molecular weight is 356 g/mol. The molecule has 0 unspecified atom stereocenters. The van der Waals surface area contributed by atoms with Crippen LogP contribution in [0.25, 0.3) is 10.9 Å². The first-order valence-electron chi connectivity index (χ1n) is 9.49. The van der Waals surface area contributed by atoms with E-state index in [9.17, 15) is 10.1 Å². The van der Waals surface area contributed by atoms with Gasteiger partial charge < -0.3 is 9.72 Å². The summed E-state index contributed by atoms with van der Waals surface area (Å²) in [4.78, 5) is 16.6. The van der Waals surface area contributed by atoms with E-state index in [4.69, 9.17) is 4.74 Å².